The Morgan fingerprint density at radius 2 is 1.62 bits per heavy atom. The van der Waals surface area contributed by atoms with Gasteiger partial charge < -0.3 is 10.6 Å². The van der Waals surface area contributed by atoms with Crippen LogP contribution < -0.4 is 10.6 Å². The Bertz CT molecular complexity index is 817. The molecule has 2 amide bonds. The fourth-order valence-electron chi connectivity index (χ4n) is 2.58. The summed E-state index contributed by atoms with van der Waals surface area (Å²) < 4.78 is 0. The predicted octanol–water partition coefficient (Wildman–Crippen LogP) is 5.36. The summed E-state index contributed by atoms with van der Waals surface area (Å²) >= 11 is 0. The molecule has 26 heavy (non-hydrogen) atoms. The summed E-state index contributed by atoms with van der Waals surface area (Å²) in [6.07, 6.45) is 0. The van der Waals surface area contributed by atoms with E-state index in [1.54, 1.807) is 24.3 Å². The lowest BCUT2D eigenvalue weighted by Gasteiger charge is -2.18. The number of carbonyl (C=O) groups excluding carboxylic acids is 2. The van der Waals surface area contributed by atoms with Gasteiger partial charge in [-0.1, -0.05) is 58.9 Å². The maximum absolute atomic E-state index is 12.8. The van der Waals surface area contributed by atoms with Crippen molar-refractivity contribution in [2.45, 2.75) is 47.5 Å². The van der Waals surface area contributed by atoms with Gasteiger partial charge in [-0.3, -0.25) is 9.59 Å². The molecule has 0 aliphatic carbocycles. The Labute approximate surface area is 156 Å². The summed E-state index contributed by atoms with van der Waals surface area (Å²) in [5.41, 5.74) is 3.63. The van der Waals surface area contributed by atoms with E-state index in [1.165, 1.54) is 0 Å². The molecule has 2 rings (SSSR count). The van der Waals surface area contributed by atoms with E-state index >= 15 is 0 Å². The Morgan fingerprint density at radius 3 is 2.23 bits per heavy atom. The van der Waals surface area contributed by atoms with Crippen LogP contribution in [0.4, 0.5) is 11.4 Å². The first-order chi connectivity index (χ1) is 12.1. The lowest BCUT2D eigenvalue weighted by Crippen LogP contribution is -2.27. The minimum absolute atomic E-state index is 0.0870. The molecule has 4 nitrogen and oxygen atoms in total. The number of aryl methyl sites for hydroxylation is 1. The van der Waals surface area contributed by atoms with Crippen LogP contribution in [0.5, 0.6) is 0 Å². The Morgan fingerprint density at radius 1 is 0.962 bits per heavy atom. The molecule has 0 bridgehead atoms. The first kappa shape index (κ1) is 19.7. The van der Waals surface area contributed by atoms with Gasteiger partial charge in [-0.05, 0) is 42.2 Å². The highest BCUT2D eigenvalue weighted by atomic mass is 16.2. The molecule has 2 aromatic carbocycles. The first-order valence-electron chi connectivity index (χ1n) is 8.92. The average molecular weight is 352 g/mol. The molecule has 2 aromatic rings. The van der Waals surface area contributed by atoms with E-state index in [4.69, 9.17) is 0 Å². The van der Waals surface area contributed by atoms with Crippen LogP contribution in [-0.4, -0.2) is 11.8 Å². The molecule has 0 saturated carbocycles. The molecule has 0 fully saturated rings. The summed E-state index contributed by atoms with van der Waals surface area (Å²) in [4.78, 5) is 24.9. The third-order valence-corrected chi connectivity index (χ3v) is 4.23. The monoisotopic (exact) mass is 352 g/mol. The highest BCUT2D eigenvalue weighted by molar-refractivity contribution is 6.06. The Balaban J connectivity index is 2.24. The SMILES string of the molecule is Cc1cccc(C(C)C)c1NC(=O)c1cccc(NC(=O)C(C)(C)C)c1. The van der Waals surface area contributed by atoms with E-state index in [9.17, 15) is 9.59 Å². The van der Waals surface area contributed by atoms with E-state index < -0.39 is 5.41 Å². The van der Waals surface area contributed by atoms with Crippen molar-refractivity contribution in [1.29, 1.82) is 0 Å². The van der Waals surface area contributed by atoms with Crippen LogP contribution in [0.3, 0.4) is 0 Å². The fraction of sp³-hybridized carbons (Fsp3) is 0.364. The second kappa shape index (κ2) is 7.73. The van der Waals surface area contributed by atoms with Crippen molar-refractivity contribution >= 4 is 23.2 Å². The van der Waals surface area contributed by atoms with E-state index in [0.717, 1.165) is 16.8 Å². The van der Waals surface area contributed by atoms with Crippen molar-refractivity contribution in [1.82, 2.24) is 0 Å². The van der Waals surface area contributed by atoms with Gasteiger partial charge in [0, 0.05) is 22.4 Å². The zero-order chi connectivity index (χ0) is 19.5. The van der Waals surface area contributed by atoms with Gasteiger partial charge in [-0.25, -0.2) is 0 Å². The third kappa shape index (κ3) is 4.72. The lowest BCUT2D eigenvalue weighted by atomic mass is 9.95. The van der Waals surface area contributed by atoms with Gasteiger partial charge >= 0.3 is 0 Å². The van der Waals surface area contributed by atoms with E-state index in [1.807, 2.05) is 45.9 Å². The number of anilines is 2. The molecular weight excluding hydrogens is 324 g/mol. The Kier molecular flexibility index (Phi) is 5.86. The Hall–Kier alpha value is -2.62. The van der Waals surface area contributed by atoms with Gasteiger partial charge in [0.2, 0.25) is 5.91 Å². The normalized spacial score (nSPS) is 11.3. The van der Waals surface area contributed by atoms with Crippen LogP contribution in [0.25, 0.3) is 0 Å². The largest absolute Gasteiger partial charge is 0.326 e. The summed E-state index contributed by atoms with van der Waals surface area (Å²) in [6.45, 7) is 11.8. The van der Waals surface area contributed by atoms with Crippen molar-refractivity contribution < 1.29 is 9.59 Å². The minimum atomic E-state index is -0.494. The molecule has 0 unspecified atom stereocenters. The number of hydrogen-bond donors (Lipinski definition) is 2. The molecule has 138 valence electrons. The summed E-state index contributed by atoms with van der Waals surface area (Å²) in [5, 5.41) is 5.90. The number of carbonyl (C=O) groups is 2. The smallest absolute Gasteiger partial charge is 0.255 e. The number of nitrogens with one attached hydrogen (secondary N) is 2. The molecule has 0 spiro atoms. The standard InChI is InChI=1S/C22H28N2O2/c1-14(2)18-12-7-9-15(3)19(18)24-20(25)16-10-8-11-17(13-16)23-21(26)22(4,5)6/h7-14H,1-6H3,(H,23,26)(H,24,25). The van der Waals surface area contributed by atoms with Gasteiger partial charge in [0.1, 0.15) is 0 Å². The highest BCUT2D eigenvalue weighted by Gasteiger charge is 2.21. The van der Waals surface area contributed by atoms with Crippen LogP contribution in [0, 0.1) is 12.3 Å². The molecule has 2 N–H and O–H groups in total. The zero-order valence-electron chi connectivity index (χ0n) is 16.4. The number of hydrogen-bond acceptors (Lipinski definition) is 2. The van der Waals surface area contributed by atoms with Crippen LogP contribution in [0.1, 0.15) is 62.0 Å². The zero-order valence-corrected chi connectivity index (χ0v) is 16.4. The summed E-state index contributed by atoms with van der Waals surface area (Å²) in [7, 11) is 0. The van der Waals surface area contributed by atoms with Crippen molar-refractivity contribution in [2.75, 3.05) is 10.6 Å². The van der Waals surface area contributed by atoms with E-state index in [2.05, 4.69) is 24.5 Å². The lowest BCUT2D eigenvalue weighted by molar-refractivity contribution is -0.123. The molecular formula is C22H28N2O2. The number of amides is 2. The summed E-state index contributed by atoms with van der Waals surface area (Å²) in [6, 6.07) is 13.0. The topological polar surface area (TPSA) is 58.2 Å². The molecule has 4 heteroatoms. The number of para-hydroxylation sites is 1. The van der Waals surface area contributed by atoms with Crippen LogP contribution in [0.15, 0.2) is 42.5 Å². The third-order valence-electron chi connectivity index (χ3n) is 4.23. The van der Waals surface area contributed by atoms with Gasteiger partial charge in [0.15, 0.2) is 0 Å². The molecule has 0 atom stereocenters. The predicted molar refractivity (Wildman–Crippen MR) is 108 cm³/mol. The van der Waals surface area contributed by atoms with Gasteiger partial charge in [0.05, 0.1) is 0 Å². The van der Waals surface area contributed by atoms with Crippen LogP contribution in [0.2, 0.25) is 0 Å². The van der Waals surface area contributed by atoms with Gasteiger partial charge in [-0.15, -0.1) is 0 Å². The van der Waals surface area contributed by atoms with Crippen LogP contribution >= 0.6 is 0 Å². The fourth-order valence-corrected chi connectivity index (χ4v) is 2.58. The second-order valence-electron chi connectivity index (χ2n) is 7.93. The first-order valence-corrected chi connectivity index (χ1v) is 8.92. The second-order valence-corrected chi connectivity index (χ2v) is 7.93. The van der Waals surface area contributed by atoms with Crippen molar-refractivity contribution in [3.63, 3.8) is 0 Å². The van der Waals surface area contributed by atoms with Gasteiger partial charge in [-0.2, -0.15) is 0 Å². The maximum atomic E-state index is 12.8. The van der Waals surface area contributed by atoms with Crippen molar-refractivity contribution in [3.8, 4) is 0 Å². The van der Waals surface area contributed by atoms with Crippen molar-refractivity contribution in [2.24, 2.45) is 5.41 Å². The van der Waals surface area contributed by atoms with Gasteiger partial charge in [0.25, 0.3) is 5.91 Å². The van der Waals surface area contributed by atoms with E-state index in [0.29, 0.717) is 17.2 Å². The molecule has 0 aromatic heterocycles. The van der Waals surface area contributed by atoms with Crippen LogP contribution in [-0.2, 0) is 4.79 Å². The minimum Gasteiger partial charge on any atom is -0.326 e. The molecule has 0 aliphatic rings. The number of rotatable bonds is 4. The number of benzene rings is 2. The molecule has 0 heterocycles. The highest BCUT2D eigenvalue weighted by Crippen LogP contribution is 2.28. The summed E-state index contributed by atoms with van der Waals surface area (Å²) in [5.74, 6) is 0.0340. The molecule has 0 saturated heterocycles. The van der Waals surface area contributed by atoms with Crippen molar-refractivity contribution in [3.05, 3.63) is 59.2 Å². The quantitative estimate of drug-likeness (QED) is 0.778. The molecule has 0 radical (unpaired) electrons. The van der Waals surface area contributed by atoms with E-state index in [-0.39, 0.29) is 11.8 Å². The average Bonchev–Trinajstić information content (AvgIpc) is 2.55. The molecule has 0 aliphatic heterocycles. The maximum Gasteiger partial charge on any atom is 0.255 e.